The summed E-state index contributed by atoms with van der Waals surface area (Å²) in [7, 11) is 1.87. The van der Waals surface area contributed by atoms with E-state index in [1.54, 1.807) is 0 Å². The molecule has 0 radical (unpaired) electrons. The Kier molecular flexibility index (Phi) is 3.19. The second kappa shape index (κ2) is 4.63. The van der Waals surface area contributed by atoms with Crippen molar-refractivity contribution in [2.24, 2.45) is 0 Å². The monoisotopic (exact) mass is 252 g/mol. The predicted octanol–water partition coefficient (Wildman–Crippen LogP) is 2.50. The van der Waals surface area contributed by atoms with Crippen LogP contribution in [0, 0.1) is 0 Å². The summed E-state index contributed by atoms with van der Waals surface area (Å²) in [4.78, 5) is 1.85. The molecule has 0 saturated heterocycles. The Labute approximate surface area is 104 Å². The summed E-state index contributed by atoms with van der Waals surface area (Å²) in [6.45, 7) is 2.03. The molecule has 2 aromatic rings. The second-order valence-electron chi connectivity index (χ2n) is 3.76. The Morgan fingerprint density at radius 3 is 2.47 bits per heavy atom. The summed E-state index contributed by atoms with van der Waals surface area (Å²) in [5.41, 5.74) is 6.50. The van der Waals surface area contributed by atoms with Crippen molar-refractivity contribution < 1.29 is 4.42 Å². The molecule has 0 fully saturated rings. The summed E-state index contributed by atoms with van der Waals surface area (Å²) in [5, 5.41) is 8.18. The number of hydrogen-bond donors (Lipinski definition) is 1. The van der Waals surface area contributed by atoms with Crippen molar-refractivity contribution in [3.8, 4) is 0 Å². The van der Waals surface area contributed by atoms with Gasteiger partial charge in [0.25, 0.3) is 0 Å². The number of nitrogens with zero attached hydrogens (tertiary/aromatic N) is 3. The lowest BCUT2D eigenvalue weighted by Gasteiger charge is -2.22. The smallest absolute Gasteiger partial charge is 0.319 e. The highest BCUT2D eigenvalue weighted by atomic mass is 35.5. The number of benzene rings is 1. The average molecular weight is 253 g/mol. The molecule has 1 unspecified atom stereocenters. The Morgan fingerprint density at radius 1 is 1.29 bits per heavy atom. The van der Waals surface area contributed by atoms with Crippen molar-refractivity contribution in [3.63, 3.8) is 0 Å². The first-order valence-corrected chi connectivity index (χ1v) is 5.53. The van der Waals surface area contributed by atoms with Crippen LogP contribution in [-0.2, 0) is 0 Å². The molecule has 0 bridgehead atoms. The van der Waals surface area contributed by atoms with Crippen LogP contribution in [0.15, 0.2) is 28.7 Å². The highest BCUT2D eigenvalue weighted by Crippen LogP contribution is 2.25. The fraction of sp³-hybridized carbons (Fsp3) is 0.273. The second-order valence-corrected chi connectivity index (χ2v) is 4.20. The van der Waals surface area contributed by atoms with Crippen LogP contribution < -0.4 is 10.6 Å². The van der Waals surface area contributed by atoms with E-state index in [4.69, 9.17) is 21.8 Å². The van der Waals surface area contributed by atoms with Gasteiger partial charge in [-0.05, 0) is 24.6 Å². The third-order valence-corrected chi connectivity index (χ3v) is 2.92. The van der Waals surface area contributed by atoms with E-state index >= 15 is 0 Å². The summed E-state index contributed by atoms with van der Waals surface area (Å²) in [5.74, 6) is 0. The van der Waals surface area contributed by atoms with Gasteiger partial charge in [-0.25, -0.2) is 0 Å². The minimum Gasteiger partial charge on any atom is -0.390 e. The highest BCUT2D eigenvalue weighted by Gasteiger charge is 2.17. The van der Waals surface area contributed by atoms with Gasteiger partial charge in [0.1, 0.15) is 0 Å². The van der Waals surface area contributed by atoms with E-state index in [1.165, 1.54) is 0 Å². The number of anilines is 2. The fourth-order valence-corrected chi connectivity index (χ4v) is 1.63. The lowest BCUT2D eigenvalue weighted by Crippen LogP contribution is -2.21. The third kappa shape index (κ3) is 2.50. The predicted molar refractivity (Wildman–Crippen MR) is 67.0 cm³/mol. The molecule has 1 aromatic carbocycles. The van der Waals surface area contributed by atoms with Gasteiger partial charge in [-0.3, -0.25) is 0 Å². The first-order chi connectivity index (χ1) is 8.08. The van der Waals surface area contributed by atoms with Gasteiger partial charge >= 0.3 is 12.0 Å². The average Bonchev–Trinajstić information content (AvgIpc) is 2.75. The molecule has 0 aliphatic rings. The van der Waals surface area contributed by atoms with E-state index in [0.717, 1.165) is 5.56 Å². The summed E-state index contributed by atoms with van der Waals surface area (Å²) in [6.07, 6.45) is 0. The van der Waals surface area contributed by atoms with Gasteiger partial charge in [0.2, 0.25) is 0 Å². The fourth-order valence-electron chi connectivity index (χ4n) is 1.50. The van der Waals surface area contributed by atoms with E-state index in [1.807, 2.05) is 43.1 Å². The minimum atomic E-state index is 0.0650. The zero-order valence-corrected chi connectivity index (χ0v) is 10.3. The molecule has 0 spiro atoms. The van der Waals surface area contributed by atoms with Crippen LogP contribution in [0.5, 0.6) is 0 Å². The SMILES string of the molecule is CC(c1ccc(Cl)cc1)N(C)c1nnc(N)o1. The molecule has 6 heteroatoms. The molecule has 5 nitrogen and oxygen atoms in total. The summed E-state index contributed by atoms with van der Waals surface area (Å²) >= 11 is 5.85. The largest absolute Gasteiger partial charge is 0.390 e. The topological polar surface area (TPSA) is 68.2 Å². The van der Waals surface area contributed by atoms with Crippen molar-refractivity contribution in [2.45, 2.75) is 13.0 Å². The zero-order valence-electron chi connectivity index (χ0n) is 9.59. The minimum absolute atomic E-state index is 0.0650. The Bertz CT molecular complexity index is 496. The molecule has 0 saturated carbocycles. The zero-order chi connectivity index (χ0) is 12.4. The van der Waals surface area contributed by atoms with Crippen LogP contribution in [-0.4, -0.2) is 17.2 Å². The first kappa shape index (κ1) is 11.7. The third-order valence-electron chi connectivity index (χ3n) is 2.67. The van der Waals surface area contributed by atoms with Crippen molar-refractivity contribution in [3.05, 3.63) is 34.9 Å². The van der Waals surface area contributed by atoms with Crippen LogP contribution in [0.2, 0.25) is 5.02 Å². The molecule has 1 aromatic heterocycles. The molecule has 2 rings (SSSR count). The van der Waals surface area contributed by atoms with Crippen LogP contribution in [0.1, 0.15) is 18.5 Å². The van der Waals surface area contributed by atoms with Crippen LogP contribution >= 0.6 is 11.6 Å². The quantitative estimate of drug-likeness (QED) is 0.909. The summed E-state index contributed by atoms with van der Waals surface area (Å²) < 4.78 is 5.17. The molecule has 2 N–H and O–H groups in total. The van der Waals surface area contributed by atoms with Crippen molar-refractivity contribution in [2.75, 3.05) is 17.7 Å². The van der Waals surface area contributed by atoms with E-state index in [0.29, 0.717) is 11.0 Å². The van der Waals surface area contributed by atoms with E-state index in [2.05, 4.69) is 10.2 Å². The first-order valence-electron chi connectivity index (χ1n) is 5.15. The number of hydrogen-bond acceptors (Lipinski definition) is 5. The van der Waals surface area contributed by atoms with E-state index in [-0.39, 0.29) is 12.1 Å². The maximum atomic E-state index is 5.85. The Morgan fingerprint density at radius 2 is 1.94 bits per heavy atom. The molecular weight excluding hydrogens is 240 g/mol. The van der Waals surface area contributed by atoms with E-state index < -0.39 is 0 Å². The number of nitrogens with two attached hydrogens (primary N) is 1. The van der Waals surface area contributed by atoms with Crippen molar-refractivity contribution in [1.29, 1.82) is 0 Å². The molecule has 0 aliphatic carbocycles. The number of rotatable bonds is 3. The van der Waals surface area contributed by atoms with Gasteiger partial charge in [-0.1, -0.05) is 33.9 Å². The Hall–Kier alpha value is -1.75. The Balaban J connectivity index is 2.19. The van der Waals surface area contributed by atoms with Crippen LogP contribution in [0.3, 0.4) is 0 Å². The summed E-state index contributed by atoms with van der Waals surface area (Å²) in [6, 6.07) is 8.17. The van der Waals surface area contributed by atoms with Crippen molar-refractivity contribution in [1.82, 2.24) is 10.2 Å². The maximum Gasteiger partial charge on any atom is 0.319 e. The molecule has 0 aliphatic heterocycles. The van der Waals surface area contributed by atoms with Crippen LogP contribution in [0.4, 0.5) is 12.0 Å². The molecule has 90 valence electrons. The lowest BCUT2D eigenvalue weighted by atomic mass is 10.1. The normalized spacial score (nSPS) is 12.4. The van der Waals surface area contributed by atoms with Crippen LogP contribution in [0.25, 0.3) is 0 Å². The van der Waals surface area contributed by atoms with Gasteiger partial charge in [-0.15, -0.1) is 0 Å². The number of nitrogen functional groups attached to an aromatic ring is 1. The number of aromatic nitrogens is 2. The molecular formula is C11H13ClN4O. The standard InChI is InChI=1S/C11H13ClN4O/c1-7(8-3-5-9(12)6-4-8)16(2)11-15-14-10(13)17-11/h3-7H,1-2H3,(H2,13,14). The van der Waals surface area contributed by atoms with Gasteiger partial charge in [0, 0.05) is 12.1 Å². The maximum absolute atomic E-state index is 5.85. The van der Waals surface area contributed by atoms with Gasteiger partial charge < -0.3 is 15.1 Å². The van der Waals surface area contributed by atoms with Crippen molar-refractivity contribution >= 4 is 23.6 Å². The van der Waals surface area contributed by atoms with Gasteiger partial charge in [-0.2, -0.15) is 0 Å². The molecule has 1 heterocycles. The lowest BCUT2D eigenvalue weighted by molar-refractivity contribution is 0.539. The molecule has 17 heavy (non-hydrogen) atoms. The highest BCUT2D eigenvalue weighted by molar-refractivity contribution is 6.30. The van der Waals surface area contributed by atoms with Gasteiger partial charge in [0.05, 0.1) is 6.04 Å². The van der Waals surface area contributed by atoms with E-state index in [9.17, 15) is 0 Å². The number of halogens is 1. The van der Waals surface area contributed by atoms with Gasteiger partial charge in [0.15, 0.2) is 0 Å². The molecule has 1 atom stereocenters. The molecule has 0 amide bonds.